The molecule has 466 valence electrons. The molecule has 0 aromatic rings. The minimum absolute atomic E-state index is 0.0813. The molecule has 0 spiro atoms. The van der Waals surface area contributed by atoms with Crippen LogP contribution in [0.1, 0.15) is 342 Å². The molecule has 0 bridgehead atoms. The Kier molecular flexibility index (Phi) is 65.7. The Morgan fingerprint density at radius 3 is 0.790 bits per heavy atom. The Balaban J connectivity index is 4.30. The van der Waals surface area contributed by atoms with Gasteiger partial charge in [-0.25, -0.2) is 0 Å². The Labute approximate surface area is 502 Å². The van der Waals surface area contributed by atoms with Crippen molar-refractivity contribution in [3.63, 3.8) is 0 Å². The van der Waals surface area contributed by atoms with Gasteiger partial charge in [0.25, 0.3) is 0 Å². The quantitative estimate of drug-likeness (QED) is 0.0261. The van der Waals surface area contributed by atoms with Gasteiger partial charge in [0.05, 0.1) is 0 Å². The molecule has 0 aliphatic carbocycles. The Morgan fingerprint density at radius 2 is 0.494 bits per heavy atom. The number of carbonyl (C=O) groups is 3. The molecule has 0 aromatic heterocycles. The number of hydrogen-bond acceptors (Lipinski definition) is 6. The topological polar surface area (TPSA) is 78.9 Å². The summed E-state index contributed by atoms with van der Waals surface area (Å²) in [5.41, 5.74) is 0. The highest BCUT2D eigenvalue weighted by Crippen LogP contribution is 2.17. The molecule has 0 heterocycles. The zero-order valence-electron chi connectivity index (χ0n) is 53.5. The average Bonchev–Trinajstić information content (AvgIpc) is 3.47. The number of hydrogen-bond donors (Lipinski definition) is 0. The van der Waals surface area contributed by atoms with Crippen molar-refractivity contribution in [2.24, 2.45) is 0 Å². The molecule has 0 fully saturated rings. The number of allylic oxidation sites excluding steroid dienone is 16. The first-order valence-electron chi connectivity index (χ1n) is 34.7. The van der Waals surface area contributed by atoms with E-state index in [0.717, 1.165) is 116 Å². The predicted molar refractivity (Wildman–Crippen MR) is 353 cm³/mol. The van der Waals surface area contributed by atoms with E-state index < -0.39 is 6.10 Å². The summed E-state index contributed by atoms with van der Waals surface area (Å²) in [6.45, 7) is 6.52. The van der Waals surface area contributed by atoms with Gasteiger partial charge in [0.1, 0.15) is 13.2 Å². The zero-order valence-corrected chi connectivity index (χ0v) is 53.5. The van der Waals surface area contributed by atoms with Crippen molar-refractivity contribution in [1.29, 1.82) is 0 Å². The number of rotatable bonds is 63. The lowest BCUT2D eigenvalue weighted by Crippen LogP contribution is -2.30. The third kappa shape index (κ3) is 67.0. The summed E-state index contributed by atoms with van der Waals surface area (Å²) < 4.78 is 17.0. The molecule has 0 saturated carbocycles. The van der Waals surface area contributed by atoms with Crippen LogP contribution in [0.25, 0.3) is 0 Å². The highest BCUT2D eigenvalue weighted by Gasteiger charge is 2.19. The van der Waals surface area contributed by atoms with Gasteiger partial charge in [-0.1, -0.05) is 323 Å². The molecule has 0 saturated heterocycles. The van der Waals surface area contributed by atoms with Crippen molar-refractivity contribution in [3.8, 4) is 0 Å². The van der Waals surface area contributed by atoms with E-state index in [-0.39, 0.29) is 31.1 Å². The molecule has 0 aliphatic rings. The molecule has 81 heavy (non-hydrogen) atoms. The van der Waals surface area contributed by atoms with E-state index in [2.05, 4.69) is 118 Å². The Hall–Kier alpha value is -3.67. The van der Waals surface area contributed by atoms with Crippen LogP contribution in [-0.4, -0.2) is 37.2 Å². The second-order valence-electron chi connectivity index (χ2n) is 23.1. The second-order valence-corrected chi connectivity index (χ2v) is 23.1. The normalized spacial score (nSPS) is 12.7. The van der Waals surface area contributed by atoms with Gasteiger partial charge in [-0.2, -0.15) is 0 Å². The van der Waals surface area contributed by atoms with Crippen molar-refractivity contribution in [1.82, 2.24) is 0 Å². The highest BCUT2D eigenvalue weighted by atomic mass is 16.6. The van der Waals surface area contributed by atoms with Crippen LogP contribution >= 0.6 is 0 Å². The van der Waals surface area contributed by atoms with E-state index in [4.69, 9.17) is 14.2 Å². The van der Waals surface area contributed by atoms with Crippen molar-refractivity contribution in [2.75, 3.05) is 13.2 Å². The van der Waals surface area contributed by atoms with Crippen LogP contribution in [0.5, 0.6) is 0 Å². The first-order chi connectivity index (χ1) is 40.0. The van der Waals surface area contributed by atoms with Crippen LogP contribution in [0.2, 0.25) is 0 Å². The molecule has 0 aliphatic heterocycles. The molecule has 0 rings (SSSR count). The maximum Gasteiger partial charge on any atom is 0.306 e. The standard InChI is InChI=1S/C75H130O6/c1-4-7-10-13-16-19-22-25-28-30-32-34-35-36-37-38-39-40-41-42-44-45-47-50-53-56-59-62-65-68-74(77)80-71-72(70-79-73(76)67-64-61-58-55-52-49-27-24-21-18-15-12-9-6-3)81-75(78)69-66-63-60-57-54-51-48-46-43-33-31-29-26-23-20-17-14-11-8-5-2/h7,10,15-16,18-19,24-25,27-28,32,34,36-37,39-40,72H,4-6,8-9,11-14,17,20-23,26,29-31,33,35,38,41-71H2,1-3H3/b10-7-,18-15-,19-16-,27-24-,28-25-,34-32-,37-36-,40-39-. The summed E-state index contributed by atoms with van der Waals surface area (Å²) in [7, 11) is 0. The van der Waals surface area contributed by atoms with E-state index in [1.54, 1.807) is 0 Å². The third-order valence-electron chi connectivity index (χ3n) is 15.1. The van der Waals surface area contributed by atoms with Crippen LogP contribution in [0, 0.1) is 0 Å². The number of esters is 3. The number of carbonyl (C=O) groups excluding carboxylic acids is 3. The maximum absolute atomic E-state index is 12.9. The van der Waals surface area contributed by atoms with Crippen molar-refractivity contribution in [2.45, 2.75) is 348 Å². The second kappa shape index (κ2) is 68.8. The maximum atomic E-state index is 12.9. The largest absolute Gasteiger partial charge is 0.462 e. The average molecular weight is 1130 g/mol. The van der Waals surface area contributed by atoms with E-state index >= 15 is 0 Å². The number of ether oxygens (including phenoxy) is 3. The SMILES string of the molecule is CC/C=C\C/C=C\C/C=C\C/C=C\C/C=C\C/C=C\CCCCCCCCCCCCC(=O)OCC(COC(=O)CCCCCCC/C=C\C/C=C\CCCC)OC(=O)CCCCCCCCCCCCCCCCCCCCCC. The summed E-state index contributed by atoms with van der Waals surface area (Å²) in [6.07, 6.45) is 92.8. The van der Waals surface area contributed by atoms with E-state index in [0.29, 0.717) is 19.3 Å². The monoisotopic (exact) mass is 1130 g/mol. The minimum Gasteiger partial charge on any atom is -0.462 e. The molecule has 0 N–H and O–H groups in total. The predicted octanol–water partition coefficient (Wildman–Crippen LogP) is 24.0. The van der Waals surface area contributed by atoms with Crippen LogP contribution < -0.4 is 0 Å². The van der Waals surface area contributed by atoms with Gasteiger partial charge >= 0.3 is 17.9 Å². The lowest BCUT2D eigenvalue weighted by molar-refractivity contribution is -0.167. The molecule has 6 nitrogen and oxygen atoms in total. The summed E-state index contributed by atoms with van der Waals surface area (Å²) >= 11 is 0. The minimum atomic E-state index is -0.785. The summed E-state index contributed by atoms with van der Waals surface area (Å²) in [4.78, 5) is 38.4. The number of unbranched alkanes of at least 4 members (excludes halogenated alkanes) is 36. The van der Waals surface area contributed by atoms with Gasteiger partial charge in [-0.15, -0.1) is 0 Å². The van der Waals surface area contributed by atoms with E-state index in [1.165, 1.54) is 186 Å². The van der Waals surface area contributed by atoms with Gasteiger partial charge in [0.15, 0.2) is 6.10 Å². The van der Waals surface area contributed by atoms with Crippen LogP contribution in [0.3, 0.4) is 0 Å². The lowest BCUT2D eigenvalue weighted by atomic mass is 10.0. The zero-order chi connectivity index (χ0) is 58.5. The summed E-state index contributed by atoms with van der Waals surface area (Å²) in [5, 5.41) is 0. The van der Waals surface area contributed by atoms with Crippen molar-refractivity contribution in [3.05, 3.63) is 97.2 Å². The smallest absolute Gasteiger partial charge is 0.306 e. The fraction of sp³-hybridized carbons (Fsp3) is 0.747. The van der Waals surface area contributed by atoms with Crippen molar-refractivity contribution < 1.29 is 28.6 Å². The van der Waals surface area contributed by atoms with Crippen LogP contribution in [0.15, 0.2) is 97.2 Å². The van der Waals surface area contributed by atoms with E-state index in [9.17, 15) is 14.4 Å². The molecule has 6 heteroatoms. The molecule has 0 radical (unpaired) electrons. The fourth-order valence-corrected chi connectivity index (χ4v) is 9.88. The first kappa shape index (κ1) is 77.3. The lowest BCUT2D eigenvalue weighted by Gasteiger charge is -2.18. The Morgan fingerprint density at radius 1 is 0.259 bits per heavy atom. The van der Waals surface area contributed by atoms with Gasteiger partial charge < -0.3 is 14.2 Å². The summed E-state index contributed by atoms with van der Waals surface area (Å²) in [5.74, 6) is -0.882. The van der Waals surface area contributed by atoms with Gasteiger partial charge in [-0.05, 0) is 96.3 Å². The van der Waals surface area contributed by atoms with Gasteiger partial charge in [0, 0.05) is 19.3 Å². The van der Waals surface area contributed by atoms with Crippen LogP contribution in [0.4, 0.5) is 0 Å². The molecule has 0 amide bonds. The molecule has 1 unspecified atom stereocenters. The third-order valence-corrected chi connectivity index (χ3v) is 15.1. The summed E-state index contributed by atoms with van der Waals surface area (Å²) in [6, 6.07) is 0. The Bertz CT molecular complexity index is 1580. The highest BCUT2D eigenvalue weighted by molar-refractivity contribution is 5.71. The van der Waals surface area contributed by atoms with Gasteiger partial charge in [0.2, 0.25) is 0 Å². The molecule has 1 atom stereocenters. The molecular formula is C75H130O6. The van der Waals surface area contributed by atoms with Crippen LogP contribution in [-0.2, 0) is 28.6 Å². The van der Waals surface area contributed by atoms with Gasteiger partial charge in [-0.3, -0.25) is 14.4 Å². The first-order valence-corrected chi connectivity index (χ1v) is 34.7. The molecule has 0 aromatic carbocycles. The van der Waals surface area contributed by atoms with Crippen molar-refractivity contribution >= 4 is 17.9 Å². The molecular weight excluding hydrogens is 997 g/mol. The van der Waals surface area contributed by atoms with E-state index in [1.807, 2.05) is 0 Å². The fourth-order valence-electron chi connectivity index (χ4n) is 9.88.